The van der Waals surface area contributed by atoms with Gasteiger partial charge in [-0.1, -0.05) is 29.3 Å². The minimum atomic E-state index is -0.335. The van der Waals surface area contributed by atoms with Crippen LogP contribution in [0.5, 0.6) is 11.5 Å². The first-order chi connectivity index (χ1) is 15.3. The number of nitriles is 1. The minimum absolute atomic E-state index is 0.0195. The summed E-state index contributed by atoms with van der Waals surface area (Å²) in [6.07, 6.45) is 1.53. The van der Waals surface area contributed by atoms with E-state index in [1.54, 1.807) is 23.1 Å². The molecule has 0 atom stereocenters. The Morgan fingerprint density at radius 2 is 1.94 bits per heavy atom. The third kappa shape index (κ3) is 5.77. The van der Waals surface area contributed by atoms with Gasteiger partial charge in [-0.2, -0.15) is 5.26 Å². The van der Waals surface area contributed by atoms with E-state index in [0.717, 1.165) is 5.56 Å². The molecule has 0 unspecified atom stereocenters. The molecule has 2 aromatic carbocycles. The molecule has 0 aliphatic carbocycles. The molecule has 1 aliphatic rings. The standard InChI is InChI=1S/C22H18Br2Cl2N2O4/c1-30-18-10-14(9-15(11-27)22(29)28-4-6-31-7-5-28)19(23)20(24)21(18)32-12-13-2-3-16(25)17(26)8-13/h2-3,8-10H,4-7,12H2,1H3/b15-9-. The van der Waals surface area contributed by atoms with Crippen LogP contribution in [-0.2, 0) is 16.1 Å². The molecule has 168 valence electrons. The number of rotatable bonds is 6. The maximum atomic E-state index is 12.7. The number of carbonyl (C=O) groups excluding carboxylic acids is 1. The SMILES string of the molecule is COc1cc(/C=C(/C#N)C(=O)N2CCOCC2)c(Br)c(Br)c1OCc1ccc(Cl)c(Cl)c1. The summed E-state index contributed by atoms with van der Waals surface area (Å²) in [5, 5.41) is 10.5. The lowest BCUT2D eigenvalue weighted by Gasteiger charge is -2.26. The monoisotopic (exact) mass is 602 g/mol. The van der Waals surface area contributed by atoms with Crippen LogP contribution < -0.4 is 9.47 Å². The molecule has 2 aromatic rings. The summed E-state index contributed by atoms with van der Waals surface area (Å²) in [6, 6.07) is 8.95. The number of nitrogens with zero attached hydrogens (tertiary/aromatic N) is 2. The van der Waals surface area contributed by atoms with E-state index in [1.807, 2.05) is 12.1 Å². The van der Waals surface area contributed by atoms with Crippen LogP contribution in [0.1, 0.15) is 11.1 Å². The Hall–Kier alpha value is -1.76. The number of halogens is 4. The molecule has 10 heteroatoms. The number of hydrogen-bond donors (Lipinski definition) is 0. The van der Waals surface area contributed by atoms with Crippen LogP contribution >= 0.6 is 55.1 Å². The summed E-state index contributed by atoms with van der Waals surface area (Å²) in [5.74, 6) is 0.556. The average Bonchev–Trinajstić information content (AvgIpc) is 2.81. The van der Waals surface area contributed by atoms with Gasteiger partial charge in [-0.15, -0.1) is 0 Å². The van der Waals surface area contributed by atoms with Crippen molar-refractivity contribution in [1.82, 2.24) is 4.90 Å². The maximum absolute atomic E-state index is 12.7. The number of ether oxygens (including phenoxy) is 3. The van der Waals surface area contributed by atoms with E-state index in [4.69, 9.17) is 37.4 Å². The van der Waals surface area contributed by atoms with Crippen molar-refractivity contribution in [3.63, 3.8) is 0 Å². The maximum Gasteiger partial charge on any atom is 0.264 e. The number of benzene rings is 2. The Bertz CT molecular complexity index is 1100. The highest BCUT2D eigenvalue weighted by atomic mass is 79.9. The van der Waals surface area contributed by atoms with Crippen molar-refractivity contribution in [1.29, 1.82) is 5.26 Å². The molecule has 1 heterocycles. The molecule has 3 rings (SSSR count). The molecule has 1 aliphatic heterocycles. The van der Waals surface area contributed by atoms with Gasteiger partial charge in [-0.05, 0) is 67.3 Å². The first-order valence-electron chi connectivity index (χ1n) is 9.47. The van der Waals surface area contributed by atoms with E-state index in [1.165, 1.54) is 13.2 Å². The molecular weight excluding hydrogens is 587 g/mol. The number of hydrogen-bond acceptors (Lipinski definition) is 5. The van der Waals surface area contributed by atoms with Crippen LogP contribution in [-0.4, -0.2) is 44.2 Å². The molecule has 0 N–H and O–H groups in total. The summed E-state index contributed by atoms with van der Waals surface area (Å²) in [4.78, 5) is 14.3. The predicted octanol–water partition coefficient (Wildman–Crippen LogP) is 5.87. The largest absolute Gasteiger partial charge is 0.493 e. The molecule has 0 spiro atoms. The van der Waals surface area contributed by atoms with Crippen molar-refractivity contribution in [2.75, 3.05) is 33.4 Å². The lowest BCUT2D eigenvalue weighted by atomic mass is 10.1. The van der Waals surface area contributed by atoms with E-state index in [9.17, 15) is 10.1 Å². The third-order valence-corrected chi connectivity index (χ3v) is 7.57. The fourth-order valence-electron chi connectivity index (χ4n) is 3.01. The first-order valence-corrected chi connectivity index (χ1v) is 11.8. The van der Waals surface area contributed by atoms with Gasteiger partial charge in [0.25, 0.3) is 5.91 Å². The Morgan fingerprint density at radius 1 is 1.22 bits per heavy atom. The Balaban J connectivity index is 1.89. The second-order valence-electron chi connectivity index (χ2n) is 6.74. The zero-order chi connectivity index (χ0) is 23.3. The molecule has 1 fully saturated rings. The van der Waals surface area contributed by atoms with Gasteiger partial charge >= 0.3 is 0 Å². The van der Waals surface area contributed by atoms with Crippen molar-refractivity contribution in [3.8, 4) is 17.6 Å². The smallest absolute Gasteiger partial charge is 0.264 e. The van der Waals surface area contributed by atoms with E-state index in [-0.39, 0.29) is 18.1 Å². The normalized spacial score (nSPS) is 14.1. The number of carbonyl (C=O) groups is 1. The van der Waals surface area contributed by atoms with Crippen LogP contribution in [0, 0.1) is 11.3 Å². The highest BCUT2D eigenvalue weighted by Crippen LogP contribution is 2.44. The summed E-state index contributed by atoms with van der Waals surface area (Å²) in [5.41, 5.74) is 1.44. The summed E-state index contributed by atoms with van der Waals surface area (Å²) >= 11 is 19.1. The molecule has 32 heavy (non-hydrogen) atoms. The van der Waals surface area contributed by atoms with Gasteiger partial charge in [0.15, 0.2) is 11.5 Å². The molecule has 1 amide bonds. The average molecular weight is 605 g/mol. The number of amides is 1. The molecular formula is C22H18Br2Cl2N2O4. The second-order valence-corrected chi connectivity index (χ2v) is 9.14. The number of methoxy groups -OCH3 is 1. The van der Waals surface area contributed by atoms with Crippen LogP contribution in [0.15, 0.2) is 38.8 Å². The van der Waals surface area contributed by atoms with Gasteiger partial charge < -0.3 is 19.1 Å². The van der Waals surface area contributed by atoms with E-state index in [2.05, 4.69) is 31.9 Å². The summed E-state index contributed by atoms with van der Waals surface area (Å²) in [6.45, 7) is 2.05. The van der Waals surface area contributed by atoms with Crippen LogP contribution in [0.2, 0.25) is 10.0 Å². The Morgan fingerprint density at radius 3 is 2.56 bits per heavy atom. The van der Waals surface area contributed by atoms with Crippen molar-refractivity contribution in [2.45, 2.75) is 6.61 Å². The first kappa shape index (κ1) is 24.9. The summed E-state index contributed by atoms with van der Waals surface area (Å²) in [7, 11) is 1.51. The minimum Gasteiger partial charge on any atom is -0.493 e. The topological polar surface area (TPSA) is 71.8 Å². The van der Waals surface area contributed by atoms with E-state index < -0.39 is 0 Å². The van der Waals surface area contributed by atoms with Gasteiger partial charge in [0.2, 0.25) is 0 Å². The zero-order valence-corrected chi connectivity index (χ0v) is 21.6. The van der Waals surface area contributed by atoms with E-state index in [0.29, 0.717) is 62.4 Å². The number of morpholine rings is 1. The molecule has 6 nitrogen and oxygen atoms in total. The quantitative estimate of drug-likeness (QED) is 0.305. The molecule has 0 aromatic heterocycles. The van der Waals surface area contributed by atoms with Gasteiger partial charge in [0.1, 0.15) is 18.2 Å². The second kappa shape index (κ2) is 11.4. The van der Waals surface area contributed by atoms with Gasteiger partial charge in [-0.3, -0.25) is 4.79 Å². The Labute approximate surface area is 212 Å². The van der Waals surface area contributed by atoms with Gasteiger partial charge in [0, 0.05) is 17.6 Å². The summed E-state index contributed by atoms with van der Waals surface area (Å²) < 4.78 is 17.9. The fourth-order valence-corrected chi connectivity index (χ4v) is 4.28. The van der Waals surface area contributed by atoms with Crippen molar-refractivity contribution >= 4 is 67.0 Å². The Kier molecular flexibility index (Phi) is 8.86. The van der Waals surface area contributed by atoms with Crippen LogP contribution in [0.4, 0.5) is 0 Å². The third-order valence-electron chi connectivity index (χ3n) is 4.69. The van der Waals surface area contributed by atoms with Gasteiger partial charge in [-0.25, -0.2) is 0 Å². The molecule has 0 saturated carbocycles. The van der Waals surface area contributed by atoms with Crippen LogP contribution in [0.25, 0.3) is 6.08 Å². The van der Waals surface area contributed by atoms with Crippen molar-refractivity contribution in [3.05, 3.63) is 60.0 Å². The molecule has 1 saturated heterocycles. The molecule has 0 bridgehead atoms. The lowest BCUT2D eigenvalue weighted by molar-refractivity contribution is -0.130. The van der Waals surface area contributed by atoms with Crippen LogP contribution in [0.3, 0.4) is 0 Å². The van der Waals surface area contributed by atoms with Gasteiger partial charge in [0.05, 0.1) is 34.8 Å². The fraction of sp³-hybridized carbons (Fsp3) is 0.273. The van der Waals surface area contributed by atoms with E-state index >= 15 is 0 Å². The molecule has 0 radical (unpaired) electrons. The van der Waals surface area contributed by atoms with Crippen molar-refractivity contribution < 1.29 is 19.0 Å². The zero-order valence-electron chi connectivity index (χ0n) is 17.0. The highest BCUT2D eigenvalue weighted by Gasteiger charge is 2.22. The lowest BCUT2D eigenvalue weighted by Crippen LogP contribution is -2.41. The predicted molar refractivity (Wildman–Crippen MR) is 130 cm³/mol. The van der Waals surface area contributed by atoms with Crippen molar-refractivity contribution in [2.24, 2.45) is 0 Å². The highest BCUT2D eigenvalue weighted by molar-refractivity contribution is 9.13.